The molecule has 4 heteroatoms. The third kappa shape index (κ3) is 3.54. The van der Waals surface area contributed by atoms with E-state index in [4.69, 9.17) is 0 Å². The lowest BCUT2D eigenvalue weighted by molar-refractivity contribution is 0.101. The van der Waals surface area contributed by atoms with Crippen molar-refractivity contribution >= 4 is 17.5 Å². The smallest absolute Gasteiger partial charge is 0.192 e. The van der Waals surface area contributed by atoms with Crippen LogP contribution in [-0.2, 0) is 7.05 Å². The molecule has 0 amide bonds. The van der Waals surface area contributed by atoms with E-state index < -0.39 is 0 Å². The van der Waals surface area contributed by atoms with E-state index in [0.717, 1.165) is 5.75 Å². The van der Waals surface area contributed by atoms with Gasteiger partial charge in [-0.25, -0.2) is 0 Å². The van der Waals surface area contributed by atoms with Crippen molar-refractivity contribution in [2.45, 2.75) is 13.8 Å². The first-order chi connectivity index (χ1) is 6.59. The summed E-state index contributed by atoms with van der Waals surface area (Å²) in [5, 5.41) is 4.06. The molecule has 1 heterocycles. The van der Waals surface area contributed by atoms with Crippen molar-refractivity contribution in [1.29, 1.82) is 0 Å². The van der Waals surface area contributed by atoms with Crippen LogP contribution in [0.15, 0.2) is 12.3 Å². The summed E-state index contributed by atoms with van der Waals surface area (Å²) < 4.78 is 1.65. The number of rotatable bonds is 5. The maximum absolute atomic E-state index is 11.5. The molecule has 1 aromatic rings. The van der Waals surface area contributed by atoms with Crippen LogP contribution in [0, 0.1) is 5.92 Å². The van der Waals surface area contributed by atoms with Gasteiger partial charge in [0.1, 0.15) is 5.69 Å². The van der Waals surface area contributed by atoms with Crippen molar-refractivity contribution in [2.75, 3.05) is 11.5 Å². The van der Waals surface area contributed by atoms with Crippen molar-refractivity contribution in [1.82, 2.24) is 9.78 Å². The molecule has 0 aliphatic rings. The van der Waals surface area contributed by atoms with E-state index in [1.807, 2.05) is 7.05 Å². The third-order valence-electron chi connectivity index (χ3n) is 1.68. The lowest BCUT2D eigenvalue weighted by atomic mass is 10.3. The summed E-state index contributed by atoms with van der Waals surface area (Å²) in [7, 11) is 1.82. The van der Waals surface area contributed by atoms with E-state index >= 15 is 0 Å². The molecule has 3 nitrogen and oxygen atoms in total. The molecular formula is C10H16N2OS. The number of thioether (sulfide) groups is 1. The van der Waals surface area contributed by atoms with Crippen LogP contribution in [0.25, 0.3) is 0 Å². The highest BCUT2D eigenvalue weighted by Crippen LogP contribution is 2.09. The Morgan fingerprint density at radius 3 is 2.86 bits per heavy atom. The van der Waals surface area contributed by atoms with E-state index in [-0.39, 0.29) is 5.78 Å². The average Bonchev–Trinajstić information content (AvgIpc) is 2.51. The Hall–Kier alpha value is -0.770. The van der Waals surface area contributed by atoms with Gasteiger partial charge >= 0.3 is 0 Å². The molecule has 78 valence electrons. The van der Waals surface area contributed by atoms with Gasteiger partial charge in [-0.05, 0) is 17.7 Å². The number of nitrogens with zero attached hydrogens (tertiary/aromatic N) is 2. The number of carbonyl (C=O) groups excluding carboxylic acids is 1. The summed E-state index contributed by atoms with van der Waals surface area (Å²) in [6.07, 6.45) is 1.79. The standard InChI is InChI=1S/C10H16N2OS/c1-8(2)6-14-7-10(13)9-4-5-12(3)11-9/h4-5,8H,6-7H2,1-3H3. The van der Waals surface area contributed by atoms with E-state index in [2.05, 4.69) is 18.9 Å². The van der Waals surface area contributed by atoms with Gasteiger partial charge in [-0.1, -0.05) is 13.8 Å². The summed E-state index contributed by atoms with van der Waals surface area (Å²) >= 11 is 1.67. The van der Waals surface area contributed by atoms with Crippen molar-refractivity contribution in [3.05, 3.63) is 18.0 Å². The molecule has 1 rings (SSSR count). The van der Waals surface area contributed by atoms with E-state index in [9.17, 15) is 4.79 Å². The van der Waals surface area contributed by atoms with Gasteiger partial charge in [0.05, 0.1) is 5.75 Å². The van der Waals surface area contributed by atoms with Crippen LogP contribution in [0.4, 0.5) is 0 Å². The fourth-order valence-corrected chi connectivity index (χ4v) is 1.95. The number of carbonyl (C=O) groups is 1. The predicted octanol–water partition coefficient (Wildman–Crippen LogP) is 1.99. The molecule has 0 fully saturated rings. The van der Waals surface area contributed by atoms with Gasteiger partial charge in [0.25, 0.3) is 0 Å². The zero-order chi connectivity index (χ0) is 10.6. The molecule has 0 atom stereocenters. The molecular weight excluding hydrogens is 196 g/mol. The Morgan fingerprint density at radius 2 is 2.36 bits per heavy atom. The van der Waals surface area contributed by atoms with Crippen molar-refractivity contribution in [2.24, 2.45) is 13.0 Å². The van der Waals surface area contributed by atoms with Crippen LogP contribution in [0.1, 0.15) is 24.3 Å². The van der Waals surface area contributed by atoms with Crippen LogP contribution >= 0.6 is 11.8 Å². The fraction of sp³-hybridized carbons (Fsp3) is 0.600. The first kappa shape index (κ1) is 11.3. The highest BCUT2D eigenvalue weighted by molar-refractivity contribution is 7.99. The Morgan fingerprint density at radius 1 is 1.64 bits per heavy atom. The quantitative estimate of drug-likeness (QED) is 0.700. The van der Waals surface area contributed by atoms with E-state index in [1.165, 1.54) is 0 Å². The molecule has 1 aromatic heterocycles. The Balaban J connectivity index is 2.36. The number of aromatic nitrogens is 2. The highest BCUT2D eigenvalue weighted by Gasteiger charge is 2.08. The molecule has 0 unspecified atom stereocenters. The van der Waals surface area contributed by atoms with Crippen molar-refractivity contribution < 1.29 is 4.79 Å². The second-order valence-electron chi connectivity index (χ2n) is 3.71. The molecule has 0 aromatic carbocycles. The van der Waals surface area contributed by atoms with Gasteiger partial charge in [0.2, 0.25) is 0 Å². The van der Waals surface area contributed by atoms with Gasteiger partial charge in [-0.3, -0.25) is 9.48 Å². The molecule has 0 saturated carbocycles. The zero-order valence-electron chi connectivity index (χ0n) is 8.86. The van der Waals surface area contributed by atoms with Crippen LogP contribution < -0.4 is 0 Å². The third-order valence-corrected chi connectivity index (χ3v) is 3.05. The topological polar surface area (TPSA) is 34.9 Å². The van der Waals surface area contributed by atoms with Gasteiger partial charge in [0.15, 0.2) is 5.78 Å². The summed E-state index contributed by atoms with van der Waals surface area (Å²) in [5.41, 5.74) is 0.573. The summed E-state index contributed by atoms with van der Waals surface area (Å²) in [6, 6.07) is 1.76. The molecule has 0 bridgehead atoms. The highest BCUT2D eigenvalue weighted by atomic mass is 32.2. The first-order valence-corrected chi connectivity index (χ1v) is 5.85. The second-order valence-corrected chi connectivity index (χ2v) is 4.74. The minimum absolute atomic E-state index is 0.122. The monoisotopic (exact) mass is 212 g/mol. The molecule has 0 saturated heterocycles. The average molecular weight is 212 g/mol. The molecule has 0 aliphatic heterocycles. The Kier molecular flexibility index (Phi) is 4.20. The second kappa shape index (κ2) is 5.20. The molecule has 0 N–H and O–H groups in total. The lowest BCUT2D eigenvalue weighted by Gasteiger charge is -2.02. The number of Topliss-reactive ketones (excluding diaryl/α,β-unsaturated/α-hetero) is 1. The number of hydrogen-bond donors (Lipinski definition) is 0. The van der Waals surface area contributed by atoms with E-state index in [1.54, 1.807) is 28.7 Å². The fourth-order valence-electron chi connectivity index (χ4n) is 1.03. The van der Waals surface area contributed by atoms with Crippen LogP contribution in [0.3, 0.4) is 0 Å². The Bertz CT molecular complexity index is 307. The first-order valence-electron chi connectivity index (χ1n) is 4.70. The Labute approximate surface area is 88.9 Å². The minimum atomic E-state index is 0.122. The molecule has 0 radical (unpaired) electrons. The van der Waals surface area contributed by atoms with E-state index in [0.29, 0.717) is 17.4 Å². The van der Waals surface area contributed by atoms with Gasteiger partial charge < -0.3 is 0 Å². The normalized spacial score (nSPS) is 10.9. The van der Waals surface area contributed by atoms with Crippen LogP contribution in [0.2, 0.25) is 0 Å². The lowest BCUT2D eigenvalue weighted by Crippen LogP contribution is -2.06. The van der Waals surface area contributed by atoms with Crippen LogP contribution in [-0.4, -0.2) is 27.1 Å². The molecule has 0 spiro atoms. The van der Waals surface area contributed by atoms with Gasteiger partial charge in [0, 0.05) is 13.2 Å². The van der Waals surface area contributed by atoms with Crippen LogP contribution in [0.5, 0.6) is 0 Å². The van der Waals surface area contributed by atoms with Gasteiger partial charge in [-0.15, -0.1) is 0 Å². The maximum Gasteiger partial charge on any atom is 0.192 e. The maximum atomic E-state index is 11.5. The van der Waals surface area contributed by atoms with Crippen molar-refractivity contribution in [3.8, 4) is 0 Å². The summed E-state index contributed by atoms with van der Waals surface area (Å²) in [5.74, 6) is 2.32. The zero-order valence-corrected chi connectivity index (χ0v) is 9.67. The number of ketones is 1. The number of aryl methyl sites for hydroxylation is 1. The minimum Gasteiger partial charge on any atom is -0.291 e. The number of hydrogen-bond acceptors (Lipinski definition) is 3. The molecule has 0 aliphatic carbocycles. The summed E-state index contributed by atoms with van der Waals surface area (Å²) in [6.45, 7) is 4.30. The van der Waals surface area contributed by atoms with Gasteiger partial charge in [-0.2, -0.15) is 16.9 Å². The largest absolute Gasteiger partial charge is 0.291 e. The SMILES string of the molecule is CC(C)CSCC(=O)c1ccn(C)n1. The molecule has 14 heavy (non-hydrogen) atoms. The summed E-state index contributed by atoms with van der Waals surface area (Å²) in [4.78, 5) is 11.5. The predicted molar refractivity (Wildman–Crippen MR) is 59.7 cm³/mol. The van der Waals surface area contributed by atoms with Crippen molar-refractivity contribution in [3.63, 3.8) is 0 Å².